The summed E-state index contributed by atoms with van der Waals surface area (Å²) in [5, 5.41) is 0.234. The topological polar surface area (TPSA) is 68.3 Å². The standard InChI is InChI=1S/C13H13ClN2O3S/c1-9-5-10(8-15-7-9)16-20(17,18)11-3-4-13(19-2)12(14)6-11/h3-8,16H,1-2H3. The Bertz CT molecular complexity index is 732. The first-order valence-corrected chi connectivity index (χ1v) is 7.56. The van der Waals surface area contributed by atoms with E-state index in [9.17, 15) is 8.42 Å². The molecule has 1 aromatic heterocycles. The molecule has 0 saturated heterocycles. The number of nitrogens with one attached hydrogen (secondary N) is 1. The molecular formula is C13H13ClN2O3S. The van der Waals surface area contributed by atoms with E-state index in [1.54, 1.807) is 12.3 Å². The van der Waals surface area contributed by atoms with Crippen LogP contribution in [0.4, 0.5) is 5.69 Å². The van der Waals surface area contributed by atoms with E-state index >= 15 is 0 Å². The molecular weight excluding hydrogens is 300 g/mol. The normalized spacial score (nSPS) is 11.2. The molecule has 7 heteroatoms. The third kappa shape index (κ3) is 3.20. The summed E-state index contributed by atoms with van der Waals surface area (Å²) < 4.78 is 31.9. The number of rotatable bonds is 4. The SMILES string of the molecule is COc1ccc(S(=O)(=O)Nc2cncc(C)c2)cc1Cl. The molecule has 2 aromatic rings. The number of ether oxygens (including phenoxy) is 1. The molecule has 0 saturated carbocycles. The Morgan fingerprint density at radius 3 is 2.60 bits per heavy atom. The highest BCUT2D eigenvalue weighted by atomic mass is 35.5. The van der Waals surface area contributed by atoms with Crippen molar-refractivity contribution in [1.82, 2.24) is 4.98 Å². The second-order valence-electron chi connectivity index (χ2n) is 4.15. The third-order valence-electron chi connectivity index (χ3n) is 2.56. The van der Waals surface area contributed by atoms with Gasteiger partial charge in [0.15, 0.2) is 0 Å². The van der Waals surface area contributed by atoms with Crippen molar-refractivity contribution < 1.29 is 13.2 Å². The molecule has 0 fully saturated rings. The van der Waals surface area contributed by atoms with Crippen LogP contribution in [-0.4, -0.2) is 20.5 Å². The zero-order valence-corrected chi connectivity index (χ0v) is 12.5. The highest BCUT2D eigenvalue weighted by molar-refractivity contribution is 7.92. The number of aryl methyl sites for hydroxylation is 1. The lowest BCUT2D eigenvalue weighted by molar-refractivity contribution is 0.414. The van der Waals surface area contributed by atoms with Gasteiger partial charge in [-0.1, -0.05) is 11.6 Å². The fourth-order valence-electron chi connectivity index (χ4n) is 1.64. The number of sulfonamides is 1. The maximum atomic E-state index is 12.2. The number of nitrogens with zero attached hydrogens (tertiary/aromatic N) is 1. The zero-order chi connectivity index (χ0) is 14.8. The van der Waals surface area contributed by atoms with Gasteiger partial charge in [0, 0.05) is 6.20 Å². The lowest BCUT2D eigenvalue weighted by atomic mass is 10.3. The van der Waals surface area contributed by atoms with Gasteiger partial charge in [-0.05, 0) is 36.8 Å². The fraction of sp³-hybridized carbons (Fsp3) is 0.154. The predicted molar refractivity (Wildman–Crippen MR) is 77.8 cm³/mol. The van der Waals surface area contributed by atoms with Gasteiger partial charge in [-0.3, -0.25) is 9.71 Å². The largest absolute Gasteiger partial charge is 0.495 e. The number of aromatic nitrogens is 1. The van der Waals surface area contributed by atoms with Crippen LogP contribution in [0, 0.1) is 6.92 Å². The zero-order valence-electron chi connectivity index (χ0n) is 10.9. The minimum absolute atomic E-state index is 0.0600. The minimum atomic E-state index is -3.71. The van der Waals surface area contributed by atoms with Crippen molar-refractivity contribution in [3.8, 4) is 5.75 Å². The summed E-state index contributed by atoms with van der Waals surface area (Å²) in [6.07, 6.45) is 3.08. The lowest BCUT2D eigenvalue weighted by Gasteiger charge is -2.10. The molecule has 0 spiro atoms. The number of benzene rings is 1. The van der Waals surface area contributed by atoms with Crippen LogP contribution in [0.3, 0.4) is 0 Å². The molecule has 1 N–H and O–H groups in total. The average Bonchev–Trinajstić information content (AvgIpc) is 2.38. The van der Waals surface area contributed by atoms with E-state index in [0.717, 1.165) is 5.56 Å². The van der Waals surface area contributed by atoms with Gasteiger partial charge in [0.1, 0.15) is 5.75 Å². The van der Waals surface area contributed by atoms with Crippen molar-refractivity contribution in [3.05, 3.63) is 47.2 Å². The number of hydrogen-bond donors (Lipinski definition) is 1. The van der Waals surface area contributed by atoms with Crippen LogP contribution in [-0.2, 0) is 10.0 Å². The van der Waals surface area contributed by atoms with E-state index in [-0.39, 0.29) is 9.92 Å². The Labute approximate surface area is 122 Å². The quantitative estimate of drug-likeness (QED) is 0.942. The Morgan fingerprint density at radius 1 is 1.25 bits per heavy atom. The summed E-state index contributed by atoms with van der Waals surface area (Å²) in [5.41, 5.74) is 1.26. The van der Waals surface area contributed by atoms with E-state index in [2.05, 4.69) is 9.71 Å². The van der Waals surface area contributed by atoms with Crippen molar-refractivity contribution in [3.63, 3.8) is 0 Å². The van der Waals surface area contributed by atoms with Gasteiger partial charge in [-0.25, -0.2) is 8.42 Å². The molecule has 0 amide bonds. The van der Waals surface area contributed by atoms with Gasteiger partial charge >= 0.3 is 0 Å². The highest BCUT2D eigenvalue weighted by Gasteiger charge is 2.16. The minimum Gasteiger partial charge on any atom is -0.495 e. The molecule has 1 heterocycles. The summed E-state index contributed by atoms with van der Waals surface area (Å²) in [7, 11) is -2.24. The molecule has 0 aliphatic carbocycles. The van der Waals surface area contributed by atoms with Crippen LogP contribution < -0.4 is 9.46 Å². The van der Waals surface area contributed by atoms with Crippen LogP contribution in [0.15, 0.2) is 41.6 Å². The lowest BCUT2D eigenvalue weighted by Crippen LogP contribution is -2.13. The van der Waals surface area contributed by atoms with Crippen LogP contribution >= 0.6 is 11.6 Å². The highest BCUT2D eigenvalue weighted by Crippen LogP contribution is 2.27. The monoisotopic (exact) mass is 312 g/mol. The summed E-state index contributed by atoms with van der Waals surface area (Å²) in [6.45, 7) is 1.83. The Hall–Kier alpha value is -1.79. The molecule has 0 radical (unpaired) electrons. The maximum absolute atomic E-state index is 12.2. The molecule has 0 aliphatic rings. The molecule has 0 atom stereocenters. The average molecular weight is 313 g/mol. The molecule has 5 nitrogen and oxygen atoms in total. The van der Waals surface area contributed by atoms with Crippen molar-refractivity contribution in [1.29, 1.82) is 0 Å². The number of hydrogen-bond acceptors (Lipinski definition) is 4. The van der Waals surface area contributed by atoms with E-state index < -0.39 is 10.0 Å². The number of anilines is 1. The van der Waals surface area contributed by atoms with Crippen molar-refractivity contribution in [2.45, 2.75) is 11.8 Å². The van der Waals surface area contributed by atoms with Crippen molar-refractivity contribution >= 4 is 27.3 Å². The van der Waals surface area contributed by atoms with Gasteiger partial charge in [0.2, 0.25) is 0 Å². The summed E-state index contributed by atoms with van der Waals surface area (Å²) >= 11 is 5.93. The first-order chi connectivity index (χ1) is 9.42. The fourth-order valence-corrected chi connectivity index (χ4v) is 3.02. The molecule has 106 valence electrons. The van der Waals surface area contributed by atoms with Gasteiger partial charge in [0.25, 0.3) is 10.0 Å². The third-order valence-corrected chi connectivity index (χ3v) is 4.24. The maximum Gasteiger partial charge on any atom is 0.261 e. The number of pyridine rings is 1. The van der Waals surface area contributed by atoms with Crippen LogP contribution in [0.25, 0.3) is 0 Å². The molecule has 1 aromatic carbocycles. The molecule has 20 heavy (non-hydrogen) atoms. The van der Waals surface area contributed by atoms with Crippen LogP contribution in [0.5, 0.6) is 5.75 Å². The Morgan fingerprint density at radius 2 is 2.00 bits per heavy atom. The summed E-state index contributed by atoms with van der Waals surface area (Å²) in [4.78, 5) is 3.99. The van der Waals surface area contributed by atoms with Crippen molar-refractivity contribution in [2.75, 3.05) is 11.8 Å². The van der Waals surface area contributed by atoms with E-state index in [4.69, 9.17) is 16.3 Å². The van der Waals surface area contributed by atoms with Gasteiger partial charge in [-0.2, -0.15) is 0 Å². The summed E-state index contributed by atoms with van der Waals surface area (Å²) in [5.74, 6) is 0.419. The molecule has 0 unspecified atom stereocenters. The first-order valence-electron chi connectivity index (χ1n) is 5.70. The second kappa shape index (κ2) is 5.68. The number of halogens is 1. The number of methoxy groups -OCH3 is 1. The Kier molecular flexibility index (Phi) is 4.15. The van der Waals surface area contributed by atoms with Gasteiger partial charge < -0.3 is 4.74 Å². The van der Waals surface area contributed by atoms with Crippen molar-refractivity contribution in [2.24, 2.45) is 0 Å². The summed E-state index contributed by atoms with van der Waals surface area (Å²) in [6, 6.07) is 5.96. The Balaban J connectivity index is 2.33. The van der Waals surface area contributed by atoms with Gasteiger partial charge in [-0.15, -0.1) is 0 Å². The molecule has 0 aliphatic heterocycles. The second-order valence-corrected chi connectivity index (χ2v) is 6.24. The predicted octanol–water partition coefficient (Wildman–Crippen LogP) is 2.85. The smallest absolute Gasteiger partial charge is 0.261 e. The van der Waals surface area contributed by atoms with Gasteiger partial charge in [0.05, 0.1) is 28.9 Å². The molecule has 2 rings (SSSR count). The first kappa shape index (κ1) is 14.6. The van der Waals surface area contributed by atoms with E-state index in [1.807, 2.05) is 6.92 Å². The molecule has 0 bridgehead atoms. The van der Waals surface area contributed by atoms with Crippen LogP contribution in [0.1, 0.15) is 5.56 Å². The van der Waals surface area contributed by atoms with Crippen LogP contribution in [0.2, 0.25) is 5.02 Å². The van der Waals surface area contributed by atoms with E-state index in [0.29, 0.717) is 11.4 Å². The van der Waals surface area contributed by atoms with E-state index in [1.165, 1.54) is 31.5 Å².